The third-order valence-corrected chi connectivity index (χ3v) is 3.20. The molecule has 0 radical (unpaired) electrons. The lowest BCUT2D eigenvalue weighted by atomic mass is 10.2. The molecule has 0 unspecified atom stereocenters. The van der Waals surface area contributed by atoms with E-state index in [1.54, 1.807) is 4.90 Å². The molecule has 92 valence electrons. The number of nitrogen functional groups attached to an aromatic ring is 1. The first-order valence-electron chi connectivity index (χ1n) is 5.77. The minimum Gasteiger partial charge on any atom is -0.399 e. The molecule has 0 aromatic heterocycles. The van der Waals surface area contributed by atoms with Crippen molar-refractivity contribution in [3.63, 3.8) is 0 Å². The van der Waals surface area contributed by atoms with Gasteiger partial charge in [0.1, 0.15) is 5.69 Å². The second-order valence-electron chi connectivity index (χ2n) is 4.36. The molecule has 0 fully saturated rings. The SMILES string of the molecule is Nc1cc(F)c(N2CCc3ccccc32)c(F)c1. The Morgan fingerprint density at radius 2 is 1.72 bits per heavy atom. The number of nitrogens with two attached hydrogens (primary N) is 1. The predicted molar refractivity (Wildman–Crippen MR) is 67.9 cm³/mol. The van der Waals surface area contributed by atoms with Gasteiger partial charge in [-0.1, -0.05) is 18.2 Å². The molecule has 2 nitrogen and oxygen atoms in total. The highest BCUT2D eigenvalue weighted by molar-refractivity contribution is 5.71. The molecule has 0 amide bonds. The minimum atomic E-state index is -0.621. The summed E-state index contributed by atoms with van der Waals surface area (Å²) >= 11 is 0. The van der Waals surface area contributed by atoms with Crippen LogP contribution < -0.4 is 10.6 Å². The number of hydrogen-bond acceptors (Lipinski definition) is 2. The summed E-state index contributed by atoms with van der Waals surface area (Å²) in [5, 5.41) is 0. The van der Waals surface area contributed by atoms with Gasteiger partial charge < -0.3 is 10.6 Å². The Hall–Kier alpha value is -2.10. The first kappa shape index (κ1) is 11.0. The Labute approximate surface area is 104 Å². The average molecular weight is 246 g/mol. The van der Waals surface area contributed by atoms with Crippen LogP contribution in [0.15, 0.2) is 36.4 Å². The third kappa shape index (κ3) is 1.61. The number of hydrogen-bond donors (Lipinski definition) is 1. The molecular weight excluding hydrogens is 234 g/mol. The van der Waals surface area contributed by atoms with Crippen LogP contribution in [0, 0.1) is 11.6 Å². The van der Waals surface area contributed by atoms with Gasteiger partial charge in [-0.15, -0.1) is 0 Å². The van der Waals surface area contributed by atoms with Crippen LogP contribution in [0.2, 0.25) is 0 Å². The lowest BCUT2D eigenvalue weighted by Crippen LogP contribution is -2.16. The van der Waals surface area contributed by atoms with E-state index in [0.29, 0.717) is 6.54 Å². The fraction of sp³-hybridized carbons (Fsp3) is 0.143. The van der Waals surface area contributed by atoms with E-state index >= 15 is 0 Å². The summed E-state index contributed by atoms with van der Waals surface area (Å²) in [6, 6.07) is 9.95. The van der Waals surface area contributed by atoms with E-state index in [2.05, 4.69) is 0 Å². The van der Waals surface area contributed by atoms with Crippen LogP contribution in [0.5, 0.6) is 0 Å². The molecule has 0 saturated heterocycles. The second-order valence-corrected chi connectivity index (χ2v) is 4.36. The monoisotopic (exact) mass is 246 g/mol. The van der Waals surface area contributed by atoms with Gasteiger partial charge in [0.2, 0.25) is 0 Å². The molecule has 1 heterocycles. The summed E-state index contributed by atoms with van der Waals surface area (Å²) in [4.78, 5) is 1.67. The Morgan fingerprint density at radius 3 is 2.44 bits per heavy atom. The highest BCUT2D eigenvalue weighted by Gasteiger charge is 2.25. The first-order valence-corrected chi connectivity index (χ1v) is 5.77. The van der Waals surface area contributed by atoms with Crippen LogP contribution >= 0.6 is 0 Å². The molecule has 2 N–H and O–H groups in total. The normalized spacial score (nSPS) is 13.8. The Balaban J connectivity index is 2.13. The van der Waals surface area contributed by atoms with Gasteiger partial charge in [0, 0.05) is 17.9 Å². The van der Waals surface area contributed by atoms with Crippen molar-refractivity contribution >= 4 is 17.1 Å². The van der Waals surface area contributed by atoms with E-state index in [4.69, 9.17) is 5.73 Å². The standard InChI is InChI=1S/C14H12F2N2/c15-11-7-10(17)8-12(16)14(11)18-6-5-9-3-1-2-4-13(9)18/h1-4,7-8H,5-6,17H2. The first-order chi connectivity index (χ1) is 8.66. The number of rotatable bonds is 1. The molecule has 0 spiro atoms. The van der Waals surface area contributed by atoms with E-state index in [-0.39, 0.29) is 11.4 Å². The fourth-order valence-corrected chi connectivity index (χ4v) is 2.41. The van der Waals surface area contributed by atoms with Crippen molar-refractivity contribution in [2.45, 2.75) is 6.42 Å². The van der Waals surface area contributed by atoms with Crippen molar-refractivity contribution in [3.8, 4) is 0 Å². The van der Waals surface area contributed by atoms with Crippen molar-refractivity contribution in [1.82, 2.24) is 0 Å². The molecule has 2 aromatic carbocycles. The zero-order chi connectivity index (χ0) is 12.7. The van der Waals surface area contributed by atoms with E-state index < -0.39 is 11.6 Å². The number of halogens is 2. The predicted octanol–water partition coefficient (Wildman–Crippen LogP) is 3.24. The Bertz CT molecular complexity index is 587. The maximum atomic E-state index is 13.9. The number of benzene rings is 2. The Kier molecular flexibility index (Phi) is 2.44. The molecule has 2 aromatic rings. The van der Waals surface area contributed by atoms with E-state index in [0.717, 1.165) is 29.8 Å². The largest absolute Gasteiger partial charge is 0.399 e. The molecule has 4 heteroatoms. The van der Waals surface area contributed by atoms with Gasteiger partial charge in [0.25, 0.3) is 0 Å². The van der Waals surface area contributed by atoms with Gasteiger partial charge >= 0.3 is 0 Å². The number of fused-ring (bicyclic) bond motifs is 1. The smallest absolute Gasteiger partial charge is 0.151 e. The molecule has 3 rings (SSSR count). The highest BCUT2D eigenvalue weighted by Crippen LogP contribution is 2.37. The summed E-state index contributed by atoms with van der Waals surface area (Å²) in [5.74, 6) is -1.24. The molecule has 0 bridgehead atoms. The lowest BCUT2D eigenvalue weighted by Gasteiger charge is -2.21. The zero-order valence-electron chi connectivity index (χ0n) is 9.66. The van der Waals surface area contributed by atoms with Gasteiger partial charge in [0.15, 0.2) is 11.6 Å². The van der Waals surface area contributed by atoms with Crippen molar-refractivity contribution < 1.29 is 8.78 Å². The van der Waals surface area contributed by atoms with Crippen molar-refractivity contribution in [2.24, 2.45) is 0 Å². The van der Waals surface area contributed by atoms with Crippen LogP contribution in [0.4, 0.5) is 25.8 Å². The molecule has 0 saturated carbocycles. The Morgan fingerprint density at radius 1 is 1.06 bits per heavy atom. The summed E-state index contributed by atoms with van der Waals surface area (Å²) in [7, 11) is 0. The molecule has 18 heavy (non-hydrogen) atoms. The van der Waals surface area contributed by atoms with Gasteiger partial charge in [-0.25, -0.2) is 8.78 Å². The highest BCUT2D eigenvalue weighted by atomic mass is 19.1. The number of para-hydroxylation sites is 1. The number of anilines is 3. The van der Waals surface area contributed by atoms with Crippen LogP contribution in [-0.4, -0.2) is 6.54 Å². The minimum absolute atomic E-state index is 0.0193. The van der Waals surface area contributed by atoms with E-state index in [1.807, 2.05) is 24.3 Å². The quantitative estimate of drug-likeness (QED) is 0.783. The van der Waals surface area contributed by atoms with Crippen molar-refractivity contribution in [2.75, 3.05) is 17.2 Å². The van der Waals surface area contributed by atoms with Crippen molar-refractivity contribution in [3.05, 3.63) is 53.6 Å². The average Bonchev–Trinajstić information content (AvgIpc) is 2.72. The fourth-order valence-electron chi connectivity index (χ4n) is 2.41. The summed E-state index contributed by atoms with van der Waals surface area (Å²) < 4.78 is 27.8. The lowest BCUT2D eigenvalue weighted by molar-refractivity contribution is 0.583. The van der Waals surface area contributed by atoms with Crippen LogP contribution in [0.3, 0.4) is 0 Å². The van der Waals surface area contributed by atoms with Gasteiger partial charge in [-0.2, -0.15) is 0 Å². The molecule has 1 aliphatic rings. The summed E-state index contributed by atoms with van der Waals surface area (Å²) in [6.45, 7) is 0.580. The summed E-state index contributed by atoms with van der Waals surface area (Å²) in [5.41, 5.74) is 7.47. The molecule has 1 aliphatic heterocycles. The topological polar surface area (TPSA) is 29.3 Å². The maximum absolute atomic E-state index is 13.9. The van der Waals surface area contributed by atoms with Crippen LogP contribution in [0.25, 0.3) is 0 Å². The second kappa shape index (κ2) is 3.98. The molecular formula is C14H12F2N2. The number of nitrogens with zero attached hydrogens (tertiary/aromatic N) is 1. The molecule has 0 atom stereocenters. The van der Waals surface area contributed by atoms with Crippen molar-refractivity contribution in [1.29, 1.82) is 0 Å². The van der Waals surface area contributed by atoms with Crippen LogP contribution in [-0.2, 0) is 6.42 Å². The third-order valence-electron chi connectivity index (χ3n) is 3.20. The van der Waals surface area contributed by atoms with Gasteiger partial charge in [-0.3, -0.25) is 0 Å². The van der Waals surface area contributed by atoms with E-state index in [1.165, 1.54) is 0 Å². The van der Waals surface area contributed by atoms with E-state index in [9.17, 15) is 8.78 Å². The molecule has 0 aliphatic carbocycles. The van der Waals surface area contributed by atoms with Gasteiger partial charge in [0.05, 0.1) is 0 Å². The maximum Gasteiger partial charge on any atom is 0.151 e. The zero-order valence-corrected chi connectivity index (χ0v) is 9.66. The van der Waals surface area contributed by atoms with Gasteiger partial charge in [-0.05, 0) is 30.2 Å². The van der Waals surface area contributed by atoms with Crippen LogP contribution in [0.1, 0.15) is 5.56 Å². The summed E-state index contributed by atoms with van der Waals surface area (Å²) in [6.07, 6.45) is 0.791.